The van der Waals surface area contributed by atoms with E-state index in [1.54, 1.807) is 0 Å². The van der Waals surface area contributed by atoms with Crippen molar-refractivity contribution in [2.24, 2.45) is 0 Å². The van der Waals surface area contributed by atoms with Gasteiger partial charge in [0, 0.05) is 20.0 Å². The Morgan fingerprint density at radius 2 is 2.12 bits per heavy atom. The van der Waals surface area contributed by atoms with Crippen molar-refractivity contribution in [2.75, 3.05) is 11.9 Å². The minimum Gasteiger partial charge on any atom is -0.460 e. The number of hydrogen-bond acceptors (Lipinski definition) is 8. The van der Waals surface area contributed by atoms with Crippen LogP contribution in [0.1, 0.15) is 39.8 Å². The van der Waals surface area contributed by atoms with Crippen LogP contribution < -0.4 is 11.0 Å². The second-order valence-electron chi connectivity index (χ2n) is 5.86. The second-order valence-corrected chi connectivity index (χ2v) is 5.86. The molecule has 1 aromatic rings. The Kier molecular flexibility index (Phi) is 6.45. The molecule has 0 saturated carbocycles. The lowest BCUT2D eigenvalue weighted by Gasteiger charge is -2.17. The summed E-state index contributed by atoms with van der Waals surface area (Å²) in [7, 11) is 0. The van der Waals surface area contributed by atoms with Gasteiger partial charge in [-0.1, -0.05) is 0 Å². The van der Waals surface area contributed by atoms with E-state index in [1.807, 2.05) is 0 Å². The molecule has 2 heterocycles. The molecular weight excluding hydrogens is 346 g/mol. The summed E-state index contributed by atoms with van der Waals surface area (Å²) >= 11 is 0. The zero-order chi connectivity index (χ0) is 19.3. The predicted molar refractivity (Wildman–Crippen MR) is 88.1 cm³/mol. The van der Waals surface area contributed by atoms with Gasteiger partial charge in [0.15, 0.2) is 6.10 Å². The largest absolute Gasteiger partial charge is 0.460 e. The fourth-order valence-corrected chi connectivity index (χ4v) is 2.49. The van der Waals surface area contributed by atoms with E-state index in [9.17, 15) is 19.2 Å². The van der Waals surface area contributed by atoms with Crippen molar-refractivity contribution in [2.45, 2.75) is 52.0 Å². The number of amides is 1. The topological polar surface area (TPSA) is 126 Å². The summed E-state index contributed by atoms with van der Waals surface area (Å²) in [5.41, 5.74) is -0.553. The van der Waals surface area contributed by atoms with Gasteiger partial charge in [0.1, 0.15) is 18.7 Å². The minimum atomic E-state index is -0.988. The lowest BCUT2D eigenvalue weighted by molar-refractivity contribution is -0.168. The monoisotopic (exact) mass is 367 g/mol. The van der Waals surface area contributed by atoms with E-state index >= 15 is 0 Å². The molecule has 1 fully saturated rings. The number of carbonyl (C=O) groups excluding carboxylic acids is 3. The van der Waals surface area contributed by atoms with Crippen LogP contribution in [0.4, 0.5) is 5.82 Å². The van der Waals surface area contributed by atoms with Crippen molar-refractivity contribution in [3.63, 3.8) is 0 Å². The van der Waals surface area contributed by atoms with Crippen molar-refractivity contribution in [1.29, 1.82) is 0 Å². The maximum atomic E-state index is 12.1. The lowest BCUT2D eigenvalue weighted by atomic mass is 10.2. The van der Waals surface area contributed by atoms with Crippen molar-refractivity contribution in [3.05, 3.63) is 22.7 Å². The summed E-state index contributed by atoms with van der Waals surface area (Å²) in [5.74, 6) is -1.38. The average molecular weight is 367 g/mol. The van der Waals surface area contributed by atoms with Gasteiger partial charge < -0.3 is 19.5 Å². The van der Waals surface area contributed by atoms with E-state index in [4.69, 9.17) is 14.2 Å². The third-order valence-corrected chi connectivity index (χ3v) is 3.62. The van der Waals surface area contributed by atoms with Crippen LogP contribution in [0, 0.1) is 0 Å². The molecule has 0 spiro atoms. The first-order valence-electron chi connectivity index (χ1n) is 8.12. The molecular formula is C16H21N3O7. The first kappa shape index (κ1) is 19.6. The van der Waals surface area contributed by atoms with E-state index in [2.05, 4.69) is 10.3 Å². The number of nitrogens with zero attached hydrogens (tertiary/aromatic N) is 2. The molecule has 0 bridgehead atoms. The molecule has 0 radical (unpaired) electrons. The van der Waals surface area contributed by atoms with Crippen molar-refractivity contribution in [1.82, 2.24) is 9.55 Å². The van der Waals surface area contributed by atoms with Crippen molar-refractivity contribution in [3.8, 4) is 0 Å². The van der Waals surface area contributed by atoms with Crippen LogP contribution in [0.5, 0.6) is 0 Å². The van der Waals surface area contributed by atoms with Crippen LogP contribution in [0.25, 0.3) is 0 Å². The maximum Gasteiger partial charge on any atom is 0.351 e. The molecule has 1 N–H and O–H groups in total. The molecule has 142 valence electrons. The minimum absolute atomic E-state index is 0.00685. The molecule has 3 atom stereocenters. The standard InChI is InChI=1S/C16H21N3O7/c1-9(25-11(3)21)15(22)24-8-12-4-5-14(26-12)19-7-6-13(17-10(2)20)18-16(19)23/h6-7,9,12,14H,4-5,8H2,1-3H3,(H,17,18,20,23). The summed E-state index contributed by atoms with van der Waals surface area (Å²) < 4.78 is 16.8. The van der Waals surface area contributed by atoms with Gasteiger partial charge in [0.2, 0.25) is 5.91 Å². The highest BCUT2D eigenvalue weighted by Crippen LogP contribution is 2.27. The van der Waals surface area contributed by atoms with Gasteiger partial charge in [-0.25, -0.2) is 9.59 Å². The van der Waals surface area contributed by atoms with Crippen LogP contribution in [-0.2, 0) is 28.6 Å². The summed E-state index contributed by atoms with van der Waals surface area (Å²) in [6, 6.07) is 1.50. The van der Waals surface area contributed by atoms with E-state index < -0.39 is 30.0 Å². The van der Waals surface area contributed by atoms with Gasteiger partial charge in [-0.2, -0.15) is 4.98 Å². The molecule has 26 heavy (non-hydrogen) atoms. The van der Waals surface area contributed by atoms with Crippen LogP contribution >= 0.6 is 0 Å². The molecule has 3 unspecified atom stereocenters. The van der Waals surface area contributed by atoms with E-state index in [-0.39, 0.29) is 24.4 Å². The van der Waals surface area contributed by atoms with Crippen molar-refractivity contribution < 1.29 is 28.6 Å². The normalized spacial score (nSPS) is 20.3. The Balaban J connectivity index is 1.88. The fraction of sp³-hybridized carbons (Fsp3) is 0.562. The molecule has 1 saturated heterocycles. The third-order valence-electron chi connectivity index (χ3n) is 3.62. The SMILES string of the molecule is CC(=O)Nc1ccn(C2CCC(COC(=O)C(C)OC(C)=O)O2)c(=O)n1. The van der Waals surface area contributed by atoms with Gasteiger partial charge in [-0.3, -0.25) is 14.2 Å². The zero-order valence-electron chi connectivity index (χ0n) is 14.8. The van der Waals surface area contributed by atoms with Crippen molar-refractivity contribution >= 4 is 23.7 Å². The number of ether oxygens (including phenoxy) is 3. The molecule has 2 rings (SSSR count). The number of anilines is 1. The first-order valence-corrected chi connectivity index (χ1v) is 8.12. The molecule has 1 aliphatic heterocycles. The third kappa shape index (κ3) is 5.38. The van der Waals surface area contributed by atoms with Crippen LogP contribution in [0.3, 0.4) is 0 Å². The summed E-state index contributed by atoms with van der Waals surface area (Å²) in [6.07, 6.45) is 0.717. The summed E-state index contributed by atoms with van der Waals surface area (Å²) in [4.78, 5) is 49.3. The number of aromatic nitrogens is 2. The first-order chi connectivity index (χ1) is 12.3. The Morgan fingerprint density at radius 3 is 2.73 bits per heavy atom. The van der Waals surface area contributed by atoms with Gasteiger partial charge >= 0.3 is 17.6 Å². The smallest absolute Gasteiger partial charge is 0.351 e. The molecule has 1 amide bonds. The van der Waals surface area contributed by atoms with Crippen LogP contribution in [-0.4, -0.2) is 46.2 Å². The summed E-state index contributed by atoms with van der Waals surface area (Å²) in [6.45, 7) is 3.94. The number of nitrogens with one attached hydrogen (secondary N) is 1. The highest BCUT2D eigenvalue weighted by Gasteiger charge is 2.29. The van der Waals surface area contributed by atoms with Gasteiger partial charge in [-0.05, 0) is 25.8 Å². The van der Waals surface area contributed by atoms with Gasteiger partial charge in [0.05, 0.1) is 6.10 Å². The zero-order valence-corrected chi connectivity index (χ0v) is 14.8. The highest BCUT2D eigenvalue weighted by atomic mass is 16.6. The van der Waals surface area contributed by atoms with E-state index in [1.165, 1.54) is 37.6 Å². The van der Waals surface area contributed by atoms with Gasteiger partial charge in [-0.15, -0.1) is 0 Å². The van der Waals surface area contributed by atoms with Gasteiger partial charge in [0.25, 0.3) is 0 Å². The predicted octanol–water partition coefficient (Wildman–Crippen LogP) is 0.374. The number of carbonyl (C=O) groups is 3. The number of hydrogen-bond donors (Lipinski definition) is 1. The van der Waals surface area contributed by atoms with Crippen LogP contribution in [0.2, 0.25) is 0 Å². The second kappa shape index (κ2) is 8.56. The quantitative estimate of drug-likeness (QED) is 0.715. The molecule has 0 aliphatic carbocycles. The molecule has 10 nitrogen and oxygen atoms in total. The Morgan fingerprint density at radius 1 is 1.38 bits per heavy atom. The Hall–Kier alpha value is -2.75. The Bertz CT molecular complexity index is 746. The number of rotatable bonds is 6. The molecule has 0 aromatic carbocycles. The maximum absolute atomic E-state index is 12.1. The van der Waals surface area contributed by atoms with E-state index in [0.29, 0.717) is 12.8 Å². The average Bonchev–Trinajstić information content (AvgIpc) is 3.00. The summed E-state index contributed by atoms with van der Waals surface area (Å²) in [5, 5.41) is 2.43. The molecule has 1 aromatic heterocycles. The lowest BCUT2D eigenvalue weighted by Crippen LogP contribution is -2.30. The number of esters is 2. The highest BCUT2D eigenvalue weighted by molar-refractivity contribution is 5.87. The van der Waals surface area contributed by atoms with E-state index in [0.717, 1.165) is 0 Å². The molecule has 10 heteroatoms. The molecule has 1 aliphatic rings. The fourth-order valence-electron chi connectivity index (χ4n) is 2.49. The van der Waals surface area contributed by atoms with Crippen LogP contribution in [0.15, 0.2) is 17.1 Å². The Labute approximate surface area is 149 Å².